The van der Waals surface area contributed by atoms with Gasteiger partial charge in [0, 0.05) is 0 Å². The molecule has 3 N–H and O–H groups in total. The third-order valence-corrected chi connectivity index (χ3v) is 3.78. The van der Waals surface area contributed by atoms with Gasteiger partial charge >= 0.3 is 7.82 Å². The van der Waals surface area contributed by atoms with E-state index in [1.54, 1.807) is 0 Å². The molecule has 0 spiro atoms. The average Bonchev–Trinajstić information content (AvgIpc) is 2.43. The maximum atomic E-state index is 10.2. The summed E-state index contributed by atoms with van der Waals surface area (Å²) in [6.45, 7) is 4.47. The van der Waals surface area contributed by atoms with Crippen LogP contribution in [0.4, 0.5) is 0 Å². The summed E-state index contributed by atoms with van der Waals surface area (Å²) in [6, 6.07) is 0. The highest BCUT2D eigenvalue weighted by Crippen LogP contribution is 2.35. The fourth-order valence-electron chi connectivity index (χ4n) is 2.07. The molecule has 1 aliphatic carbocycles. The number of hydrogen-bond donors (Lipinski definition) is 3. The molecule has 0 aromatic heterocycles. The summed E-state index contributed by atoms with van der Waals surface area (Å²) in [7, 11) is -4.23. The molecule has 1 rings (SSSR count). The normalized spacial score (nSPS) is 15.6. The van der Waals surface area contributed by atoms with Crippen LogP contribution in [0, 0.1) is 5.92 Å². The molecule has 0 saturated heterocycles. The minimum Gasteiger partial charge on any atom is -0.411 e. The summed E-state index contributed by atoms with van der Waals surface area (Å²) in [6.07, 6.45) is 9.69. The Labute approximate surface area is 127 Å². The Morgan fingerprint density at radius 2 is 1.76 bits per heavy atom. The zero-order valence-corrected chi connectivity index (χ0v) is 14.1. The lowest BCUT2D eigenvalue weighted by Gasteiger charge is -2.08. The van der Waals surface area contributed by atoms with E-state index < -0.39 is 7.82 Å². The molecule has 126 valence electrons. The Bertz CT molecular complexity index is 319. The molecule has 0 radical (unpaired) electrons. The fourth-order valence-corrected chi connectivity index (χ4v) is 2.44. The summed E-state index contributed by atoms with van der Waals surface area (Å²) >= 11 is 0. The van der Waals surface area contributed by atoms with Gasteiger partial charge < -0.3 is 15.0 Å². The number of unbranched alkanes of at least 4 members (excludes halogenated alkanes) is 2. The molecule has 0 atom stereocenters. The fraction of sp³-hybridized carbons (Fsp3) is 0.929. The molecular weight excluding hydrogens is 293 g/mol. The zero-order valence-electron chi connectivity index (χ0n) is 13.2. The van der Waals surface area contributed by atoms with Gasteiger partial charge in [0.05, 0.1) is 12.3 Å². The van der Waals surface area contributed by atoms with E-state index >= 15 is 0 Å². The second kappa shape index (κ2) is 12.2. The molecule has 0 amide bonds. The van der Waals surface area contributed by atoms with Gasteiger partial charge in [-0.25, -0.2) is 4.57 Å². The second-order valence-corrected chi connectivity index (χ2v) is 7.03. The van der Waals surface area contributed by atoms with Crippen molar-refractivity contribution in [3.63, 3.8) is 0 Å². The molecular formula is C14H30NO5P. The maximum Gasteiger partial charge on any atom is 0.469 e. The average molecular weight is 323 g/mol. The van der Waals surface area contributed by atoms with Crippen LogP contribution in [0.3, 0.4) is 0 Å². The number of rotatable bonds is 7. The number of oxime groups is 1. The first kappa shape index (κ1) is 20.6. The Morgan fingerprint density at radius 1 is 1.14 bits per heavy atom. The van der Waals surface area contributed by atoms with Crippen LogP contribution in [-0.4, -0.2) is 27.3 Å². The number of phosphoric ester groups is 1. The van der Waals surface area contributed by atoms with Crippen LogP contribution in [0.25, 0.3) is 0 Å². The number of hydrogen-bond acceptors (Lipinski definition) is 4. The van der Waals surface area contributed by atoms with E-state index in [0.717, 1.165) is 44.2 Å². The van der Waals surface area contributed by atoms with E-state index in [4.69, 9.17) is 15.0 Å². The molecule has 7 heteroatoms. The Hall–Kier alpha value is -0.420. The van der Waals surface area contributed by atoms with Gasteiger partial charge in [-0.2, -0.15) is 0 Å². The summed E-state index contributed by atoms with van der Waals surface area (Å²) in [5.41, 5.74) is 0.983. The van der Waals surface area contributed by atoms with Gasteiger partial charge in [-0.3, -0.25) is 4.52 Å². The monoisotopic (exact) mass is 323 g/mol. The molecule has 0 aromatic carbocycles. The number of phosphoric acid groups is 1. The predicted octanol–water partition coefficient (Wildman–Crippen LogP) is 4.09. The van der Waals surface area contributed by atoms with Crippen molar-refractivity contribution in [1.82, 2.24) is 0 Å². The van der Waals surface area contributed by atoms with Gasteiger partial charge in [-0.05, 0) is 38.0 Å². The van der Waals surface area contributed by atoms with Crippen LogP contribution in [-0.2, 0) is 9.09 Å². The van der Waals surface area contributed by atoms with E-state index in [1.807, 2.05) is 0 Å². The highest BCUT2D eigenvalue weighted by molar-refractivity contribution is 7.46. The van der Waals surface area contributed by atoms with Gasteiger partial charge in [-0.1, -0.05) is 44.7 Å². The van der Waals surface area contributed by atoms with Gasteiger partial charge in [-0.15, -0.1) is 0 Å². The Kier molecular flexibility index (Phi) is 11.9. The lowest BCUT2D eigenvalue weighted by atomic mass is 9.99. The first-order valence-corrected chi connectivity index (χ1v) is 9.28. The van der Waals surface area contributed by atoms with Crippen molar-refractivity contribution in [1.29, 1.82) is 0 Å². The van der Waals surface area contributed by atoms with Gasteiger partial charge in [0.25, 0.3) is 0 Å². The molecule has 21 heavy (non-hydrogen) atoms. The number of nitrogens with zero attached hydrogens (tertiary/aromatic N) is 1. The van der Waals surface area contributed by atoms with Crippen molar-refractivity contribution in [3.05, 3.63) is 0 Å². The molecule has 0 unspecified atom stereocenters. The summed E-state index contributed by atoms with van der Waals surface area (Å²) in [4.78, 5) is 16.7. The van der Waals surface area contributed by atoms with Crippen LogP contribution in [0.15, 0.2) is 5.16 Å². The van der Waals surface area contributed by atoms with E-state index in [-0.39, 0.29) is 6.61 Å². The Balaban J connectivity index is 0.000000423. The standard InChI is InChI=1S/C8H19O4P.C6H11NO/c1-8(2)6-4-3-5-7-12-13(9,10)11;8-7-6-4-2-1-3-5-6/h8H,3-7H2,1-2H3,(H2,9,10,11);8H,1-5H2. The first-order chi connectivity index (χ1) is 9.85. The summed E-state index contributed by atoms with van der Waals surface area (Å²) in [5.74, 6) is 0.697. The van der Waals surface area contributed by atoms with Crippen molar-refractivity contribution in [2.24, 2.45) is 11.1 Å². The molecule has 0 bridgehead atoms. The molecule has 1 saturated carbocycles. The van der Waals surface area contributed by atoms with E-state index in [2.05, 4.69) is 23.5 Å². The molecule has 0 aliphatic heterocycles. The van der Waals surface area contributed by atoms with Crippen molar-refractivity contribution in [3.8, 4) is 0 Å². The smallest absolute Gasteiger partial charge is 0.411 e. The van der Waals surface area contributed by atoms with Crippen LogP contribution >= 0.6 is 7.82 Å². The van der Waals surface area contributed by atoms with Gasteiger partial charge in [0.15, 0.2) is 0 Å². The zero-order chi connectivity index (χ0) is 16.1. The maximum absolute atomic E-state index is 10.2. The van der Waals surface area contributed by atoms with Crippen LogP contribution in [0.2, 0.25) is 0 Å². The quantitative estimate of drug-likeness (QED) is 0.283. The van der Waals surface area contributed by atoms with E-state index in [9.17, 15) is 4.57 Å². The second-order valence-electron chi connectivity index (χ2n) is 5.79. The van der Waals surface area contributed by atoms with E-state index in [1.165, 1.54) is 19.3 Å². The van der Waals surface area contributed by atoms with Gasteiger partial charge in [0.2, 0.25) is 0 Å². The van der Waals surface area contributed by atoms with Crippen LogP contribution < -0.4 is 0 Å². The molecule has 1 aliphatic rings. The van der Waals surface area contributed by atoms with E-state index in [0.29, 0.717) is 5.92 Å². The highest BCUT2D eigenvalue weighted by atomic mass is 31.2. The third-order valence-electron chi connectivity index (χ3n) is 3.26. The van der Waals surface area contributed by atoms with Crippen LogP contribution in [0.1, 0.15) is 71.6 Å². The topological polar surface area (TPSA) is 99.4 Å². The molecule has 0 aromatic rings. The van der Waals surface area contributed by atoms with Gasteiger partial charge in [0.1, 0.15) is 0 Å². The third kappa shape index (κ3) is 15.8. The summed E-state index contributed by atoms with van der Waals surface area (Å²) in [5, 5.41) is 11.4. The highest BCUT2D eigenvalue weighted by Gasteiger charge is 2.12. The molecule has 1 fully saturated rings. The van der Waals surface area contributed by atoms with Crippen LogP contribution in [0.5, 0.6) is 0 Å². The SMILES string of the molecule is CC(C)CCCCCOP(=O)(O)O.ON=C1CCCCC1. The predicted molar refractivity (Wildman–Crippen MR) is 83.6 cm³/mol. The lowest BCUT2D eigenvalue weighted by molar-refractivity contribution is 0.193. The van der Waals surface area contributed by atoms with Crippen molar-refractivity contribution >= 4 is 13.5 Å². The minimum absolute atomic E-state index is 0.155. The Morgan fingerprint density at radius 3 is 2.19 bits per heavy atom. The molecule has 6 nitrogen and oxygen atoms in total. The van der Waals surface area contributed by atoms with Crippen molar-refractivity contribution in [2.75, 3.05) is 6.61 Å². The largest absolute Gasteiger partial charge is 0.469 e. The molecule has 0 heterocycles. The summed E-state index contributed by atoms with van der Waals surface area (Å²) < 4.78 is 14.5. The minimum atomic E-state index is -4.23. The first-order valence-electron chi connectivity index (χ1n) is 7.75. The van der Waals surface area contributed by atoms with Crippen molar-refractivity contribution < 1.29 is 24.1 Å². The van der Waals surface area contributed by atoms with Crippen molar-refractivity contribution in [2.45, 2.75) is 71.6 Å². The lowest BCUT2D eigenvalue weighted by Crippen LogP contribution is -2.03.